The highest BCUT2D eigenvalue weighted by Gasteiger charge is 2.33. The highest BCUT2D eigenvalue weighted by Crippen LogP contribution is 2.31. The van der Waals surface area contributed by atoms with Crippen LogP contribution in [-0.2, 0) is 9.53 Å². The molecule has 2 heterocycles. The molecule has 0 saturated heterocycles. The molecule has 188 valence electrons. The molecule has 0 spiro atoms. The lowest BCUT2D eigenvalue weighted by Crippen LogP contribution is -2.39. The van der Waals surface area contributed by atoms with E-state index in [-0.39, 0.29) is 20.7 Å². The number of esters is 1. The van der Waals surface area contributed by atoms with Crippen molar-refractivity contribution in [1.29, 1.82) is 0 Å². The number of unbranched alkanes of at least 4 members (excludes halogenated alkanes) is 2. The van der Waals surface area contributed by atoms with Crippen molar-refractivity contribution in [2.75, 3.05) is 13.7 Å². The summed E-state index contributed by atoms with van der Waals surface area (Å²) in [6.45, 7) is 4.46. The van der Waals surface area contributed by atoms with Crippen molar-refractivity contribution >= 4 is 35.0 Å². The van der Waals surface area contributed by atoms with Gasteiger partial charge >= 0.3 is 5.97 Å². The number of carbonyl (C=O) groups excluding carboxylic acids is 1. The van der Waals surface area contributed by atoms with E-state index in [2.05, 4.69) is 11.9 Å². The number of thiazole rings is 1. The molecule has 9 heteroatoms. The van der Waals surface area contributed by atoms with Crippen LogP contribution in [0.5, 0.6) is 5.75 Å². The van der Waals surface area contributed by atoms with Crippen molar-refractivity contribution in [2.45, 2.75) is 39.2 Å². The molecule has 0 fully saturated rings. The second-order valence-corrected chi connectivity index (χ2v) is 9.75. The highest BCUT2D eigenvalue weighted by molar-refractivity contribution is 7.07. The summed E-state index contributed by atoms with van der Waals surface area (Å²) >= 11 is 7.29. The molecule has 1 aliphatic heterocycles. The fourth-order valence-corrected chi connectivity index (χ4v) is 5.32. The van der Waals surface area contributed by atoms with Crippen LogP contribution < -0.4 is 19.6 Å². The molecule has 1 unspecified atom stereocenters. The Morgan fingerprint density at radius 1 is 1.22 bits per heavy atom. The minimum atomic E-state index is -0.763. The minimum Gasteiger partial charge on any atom is -0.494 e. The molecule has 0 N–H and O–H groups in total. The maximum atomic E-state index is 14.4. The van der Waals surface area contributed by atoms with Crippen LogP contribution in [0.3, 0.4) is 0 Å². The van der Waals surface area contributed by atoms with Crippen molar-refractivity contribution in [3.8, 4) is 5.75 Å². The summed E-state index contributed by atoms with van der Waals surface area (Å²) in [6, 6.07) is 10.9. The first kappa shape index (κ1) is 25.9. The molecule has 1 aliphatic rings. The van der Waals surface area contributed by atoms with Gasteiger partial charge in [0.05, 0.1) is 40.6 Å². The third-order valence-electron chi connectivity index (χ3n) is 5.91. The number of allylic oxidation sites excluding steroid dienone is 1. The van der Waals surface area contributed by atoms with E-state index >= 15 is 0 Å². The van der Waals surface area contributed by atoms with E-state index in [4.69, 9.17) is 21.1 Å². The number of hydrogen-bond donors (Lipinski definition) is 0. The van der Waals surface area contributed by atoms with Crippen molar-refractivity contribution < 1.29 is 18.7 Å². The summed E-state index contributed by atoms with van der Waals surface area (Å²) in [5, 5.41) is 0.193. The van der Waals surface area contributed by atoms with Gasteiger partial charge in [0.1, 0.15) is 11.6 Å². The summed E-state index contributed by atoms with van der Waals surface area (Å²) in [6.07, 6.45) is 4.59. The number of nitrogens with zero attached hydrogens (tertiary/aromatic N) is 2. The molecule has 0 saturated carbocycles. The monoisotopic (exact) mass is 528 g/mol. The van der Waals surface area contributed by atoms with Crippen LogP contribution in [0.25, 0.3) is 6.08 Å². The predicted molar refractivity (Wildman–Crippen MR) is 139 cm³/mol. The second-order valence-electron chi connectivity index (χ2n) is 8.33. The van der Waals surface area contributed by atoms with E-state index < -0.39 is 23.4 Å². The Balaban J connectivity index is 1.82. The van der Waals surface area contributed by atoms with Gasteiger partial charge in [-0.15, -0.1) is 0 Å². The van der Waals surface area contributed by atoms with Crippen LogP contribution in [0.15, 0.2) is 63.5 Å². The molecule has 2 aromatic carbocycles. The van der Waals surface area contributed by atoms with Crippen molar-refractivity contribution in [3.63, 3.8) is 0 Å². The lowest BCUT2D eigenvalue weighted by molar-refractivity contribution is -0.136. The van der Waals surface area contributed by atoms with Crippen molar-refractivity contribution in [3.05, 3.63) is 95.4 Å². The average Bonchev–Trinajstić information content (AvgIpc) is 3.17. The van der Waals surface area contributed by atoms with Gasteiger partial charge in [-0.05, 0) is 49.2 Å². The zero-order chi connectivity index (χ0) is 25.8. The predicted octanol–water partition coefficient (Wildman–Crippen LogP) is 4.77. The number of aromatic nitrogens is 1. The first-order valence-electron chi connectivity index (χ1n) is 11.6. The van der Waals surface area contributed by atoms with Crippen LogP contribution in [0, 0.1) is 5.82 Å². The smallest absolute Gasteiger partial charge is 0.338 e. The van der Waals surface area contributed by atoms with Gasteiger partial charge in [0.2, 0.25) is 0 Å². The number of ether oxygens (including phenoxy) is 2. The minimum absolute atomic E-state index is 0.120. The van der Waals surface area contributed by atoms with Crippen LogP contribution >= 0.6 is 22.9 Å². The molecule has 1 atom stereocenters. The fourth-order valence-electron chi connectivity index (χ4n) is 4.08. The van der Waals surface area contributed by atoms with Gasteiger partial charge in [-0.1, -0.05) is 60.9 Å². The van der Waals surface area contributed by atoms with Gasteiger partial charge in [-0.25, -0.2) is 14.2 Å². The Kier molecular flexibility index (Phi) is 8.06. The molecule has 0 aliphatic carbocycles. The Labute approximate surface area is 217 Å². The van der Waals surface area contributed by atoms with E-state index in [1.807, 2.05) is 24.3 Å². The summed E-state index contributed by atoms with van der Waals surface area (Å²) in [7, 11) is 1.29. The normalized spacial score (nSPS) is 15.5. The highest BCUT2D eigenvalue weighted by atomic mass is 35.5. The van der Waals surface area contributed by atoms with Gasteiger partial charge < -0.3 is 9.47 Å². The zero-order valence-corrected chi connectivity index (χ0v) is 21.8. The molecule has 6 nitrogen and oxygen atoms in total. The van der Waals surface area contributed by atoms with E-state index in [0.717, 1.165) is 30.6 Å². The van der Waals surface area contributed by atoms with E-state index in [1.165, 1.54) is 29.9 Å². The second kappa shape index (κ2) is 11.2. The number of hydrogen-bond acceptors (Lipinski definition) is 6. The number of carbonyl (C=O) groups is 1. The quantitative estimate of drug-likeness (QED) is 0.312. The lowest BCUT2D eigenvalue weighted by atomic mass is 9.96. The van der Waals surface area contributed by atoms with Crippen molar-refractivity contribution in [2.24, 2.45) is 4.99 Å². The summed E-state index contributed by atoms with van der Waals surface area (Å²) in [5.74, 6) is -0.407. The molecular weight excluding hydrogens is 503 g/mol. The zero-order valence-electron chi connectivity index (χ0n) is 20.2. The first-order valence-corrected chi connectivity index (χ1v) is 12.8. The number of fused-ring (bicyclic) bond motifs is 1. The molecule has 4 rings (SSSR count). The number of halogens is 2. The maximum Gasteiger partial charge on any atom is 0.338 e. The number of methoxy groups -OCH3 is 1. The molecule has 1 aromatic heterocycles. The molecule has 36 heavy (non-hydrogen) atoms. The lowest BCUT2D eigenvalue weighted by Gasteiger charge is -2.24. The van der Waals surface area contributed by atoms with Gasteiger partial charge in [-0.2, -0.15) is 0 Å². The fraction of sp³-hybridized carbons (Fsp3) is 0.296. The third kappa shape index (κ3) is 5.15. The Morgan fingerprint density at radius 3 is 2.64 bits per heavy atom. The van der Waals surface area contributed by atoms with Crippen LogP contribution in [-0.4, -0.2) is 24.3 Å². The molecule has 0 bridgehead atoms. The SMILES string of the molecule is CCCCCOc1ccc(C2C(C(=O)OC)=C(C)N=c3s/c(=C\c4c(F)cccc4Cl)c(=O)n32)cc1. The summed E-state index contributed by atoms with van der Waals surface area (Å²) in [4.78, 5) is 31.3. The standard InChI is InChI=1S/C27H26ClFN2O4S/c1-4-5-6-14-35-18-12-10-17(11-13-18)24-23(26(33)34-3)16(2)30-27-31(24)25(32)22(36-27)15-19-20(28)8-7-9-21(19)29/h7-13,15,24H,4-6,14H2,1-3H3/b22-15-. The van der Waals surface area contributed by atoms with Gasteiger partial charge in [-0.3, -0.25) is 9.36 Å². The molecule has 3 aromatic rings. The average molecular weight is 529 g/mol. The van der Waals surface area contributed by atoms with Crippen molar-refractivity contribution in [1.82, 2.24) is 4.57 Å². The number of benzene rings is 2. The molecular formula is C27H26ClFN2O4S. The first-order chi connectivity index (χ1) is 17.3. The van der Waals surface area contributed by atoms with Crippen LogP contribution in [0.4, 0.5) is 4.39 Å². The van der Waals surface area contributed by atoms with E-state index in [9.17, 15) is 14.0 Å². The van der Waals surface area contributed by atoms with Crippen LogP contribution in [0.1, 0.15) is 50.3 Å². The van der Waals surface area contributed by atoms with E-state index in [1.54, 1.807) is 13.0 Å². The number of rotatable bonds is 8. The van der Waals surface area contributed by atoms with Gasteiger partial charge in [0.15, 0.2) is 4.80 Å². The maximum absolute atomic E-state index is 14.4. The van der Waals surface area contributed by atoms with Crippen LogP contribution in [0.2, 0.25) is 5.02 Å². The molecule has 0 radical (unpaired) electrons. The Hall–Kier alpha value is -3.23. The van der Waals surface area contributed by atoms with E-state index in [0.29, 0.717) is 28.4 Å². The summed E-state index contributed by atoms with van der Waals surface area (Å²) in [5.41, 5.74) is 1.12. The summed E-state index contributed by atoms with van der Waals surface area (Å²) < 4.78 is 27.0. The van der Waals surface area contributed by atoms with Gasteiger partial charge in [0.25, 0.3) is 5.56 Å². The Bertz CT molecular complexity index is 1470. The molecule has 0 amide bonds. The third-order valence-corrected chi connectivity index (χ3v) is 7.23. The largest absolute Gasteiger partial charge is 0.494 e. The van der Waals surface area contributed by atoms with Gasteiger partial charge in [0, 0.05) is 5.56 Å². The topological polar surface area (TPSA) is 69.9 Å². The Morgan fingerprint density at radius 2 is 1.97 bits per heavy atom.